The summed E-state index contributed by atoms with van der Waals surface area (Å²) in [7, 11) is 0. The van der Waals surface area contributed by atoms with Crippen LogP contribution in [0.15, 0.2) is 24.3 Å². The Hall–Kier alpha value is -1.63. The predicted molar refractivity (Wildman–Crippen MR) is 69.5 cm³/mol. The second-order valence-electron chi connectivity index (χ2n) is 4.51. The number of hydrogen-bond donors (Lipinski definition) is 4. The van der Waals surface area contributed by atoms with E-state index in [9.17, 15) is 9.90 Å². The van der Waals surface area contributed by atoms with Crippen LogP contribution in [0.1, 0.15) is 17.3 Å². The second-order valence-corrected chi connectivity index (χ2v) is 4.51. The Balaban J connectivity index is 2.30. The molecule has 0 amide bonds. The molecule has 6 heteroatoms. The zero-order chi connectivity index (χ0) is 14.3. The lowest BCUT2D eigenvalue weighted by Crippen LogP contribution is -2.42. The minimum atomic E-state index is -1.15. The lowest BCUT2D eigenvalue weighted by molar-refractivity contribution is 0.00244. The van der Waals surface area contributed by atoms with E-state index in [1.807, 2.05) is 0 Å². The van der Waals surface area contributed by atoms with Gasteiger partial charge in [-0.2, -0.15) is 0 Å². The Kier molecular flexibility index (Phi) is 5.75. The molecule has 0 heterocycles. The summed E-state index contributed by atoms with van der Waals surface area (Å²) in [6.45, 7) is 2.28. The minimum Gasteiger partial charge on any atom is -0.492 e. The third-order valence-corrected chi connectivity index (χ3v) is 2.48. The van der Waals surface area contributed by atoms with Crippen molar-refractivity contribution in [1.82, 2.24) is 5.32 Å². The van der Waals surface area contributed by atoms with Crippen LogP contribution in [-0.2, 0) is 0 Å². The molecule has 0 aliphatic heterocycles. The molecular weight excluding hydrogens is 250 g/mol. The first-order valence-electron chi connectivity index (χ1n) is 5.95. The fourth-order valence-corrected chi connectivity index (χ4v) is 1.37. The van der Waals surface area contributed by atoms with Gasteiger partial charge in [0.05, 0.1) is 17.8 Å². The number of aliphatic hydroxyl groups excluding tert-OH is 1. The summed E-state index contributed by atoms with van der Waals surface area (Å²) in [5, 5.41) is 30.1. The van der Waals surface area contributed by atoms with Crippen LogP contribution >= 0.6 is 0 Å². The van der Waals surface area contributed by atoms with Crippen molar-refractivity contribution in [2.24, 2.45) is 0 Å². The van der Waals surface area contributed by atoms with Gasteiger partial charge in [0.25, 0.3) is 0 Å². The summed E-state index contributed by atoms with van der Waals surface area (Å²) in [5.41, 5.74) is -0.975. The molecule has 1 atom stereocenters. The van der Waals surface area contributed by atoms with Gasteiger partial charge in [0, 0.05) is 13.1 Å². The summed E-state index contributed by atoms with van der Waals surface area (Å²) < 4.78 is 5.38. The van der Waals surface area contributed by atoms with Crippen LogP contribution in [0.2, 0.25) is 0 Å². The van der Waals surface area contributed by atoms with Gasteiger partial charge in [0.15, 0.2) is 0 Å². The van der Waals surface area contributed by atoms with Gasteiger partial charge < -0.3 is 25.4 Å². The van der Waals surface area contributed by atoms with Gasteiger partial charge in [0.2, 0.25) is 0 Å². The summed E-state index contributed by atoms with van der Waals surface area (Å²) >= 11 is 0. The molecule has 1 aromatic carbocycles. The maximum Gasteiger partial charge on any atom is 0.335 e. The van der Waals surface area contributed by atoms with E-state index in [-0.39, 0.29) is 18.7 Å². The highest BCUT2D eigenvalue weighted by Gasteiger charge is 2.17. The monoisotopic (exact) mass is 269 g/mol. The molecule has 0 saturated carbocycles. The standard InChI is InChI=1S/C13H19NO5/c1-13(18,9-15)8-14-5-6-19-11-4-2-3-10(7-11)12(16)17/h2-4,7,14-15,18H,5-6,8-9H2,1H3,(H,16,17). The molecule has 1 rings (SSSR count). The van der Waals surface area contributed by atoms with E-state index in [0.717, 1.165) is 0 Å². The van der Waals surface area contributed by atoms with E-state index >= 15 is 0 Å². The minimum absolute atomic E-state index is 0.175. The predicted octanol–water partition coefficient (Wildman–Crippen LogP) is 0.0965. The highest BCUT2D eigenvalue weighted by molar-refractivity contribution is 5.87. The van der Waals surface area contributed by atoms with Crippen molar-refractivity contribution in [1.29, 1.82) is 0 Å². The molecule has 0 aliphatic carbocycles. The highest BCUT2D eigenvalue weighted by atomic mass is 16.5. The molecule has 19 heavy (non-hydrogen) atoms. The number of carboxylic acid groups (broad SMARTS) is 1. The molecule has 0 radical (unpaired) electrons. The topological polar surface area (TPSA) is 99.0 Å². The molecular formula is C13H19NO5. The molecule has 1 aromatic rings. The first-order chi connectivity index (χ1) is 8.94. The Labute approximate surface area is 111 Å². The first-order valence-corrected chi connectivity index (χ1v) is 5.95. The van der Waals surface area contributed by atoms with E-state index in [0.29, 0.717) is 18.9 Å². The van der Waals surface area contributed by atoms with Gasteiger partial charge in [-0.25, -0.2) is 4.79 Å². The van der Waals surface area contributed by atoms with Crippen molar-refractivity contribution in [2.75, 3.05) is 26.3 Å². The largest absolute Gasteiger partial charge is 0.492 e. The molecule has 4 N–H and O–H groups in total. The first kappa shape index (κ1) is 15.4. The maximum absolute atomic E-state index is 10.8. The molecule has 0 bridgehead atoms. The summed E-state index contributed by atoms with van der Waals surface area (Å²) in [5.74, 6) is -0.516. The van der Waals surface area contributed by atoms with Gasteiger partial charge in [-0.15, -0.1) is 0 Å². The molecule has 0 saturated heterocycles. The van der Waals surface area contributed by atoms with Crippen molar-refractivity contribution in [3.05, 3.63) is 29.8 Å². The number of carboxylic acids is 1. The van der Waals surface area contributed by atoms with Gasteiger partial charge >= 0.3 is 5.97 Å². The normalized spacial score (nSPS) is 13.8. The fourth-order valence-electron chi connectivity index (χ4n) is 1.37. The van der Waals surface area contributed by atoms with E-state index in [1.165, 1.54) is 19.1 Å². The zero-order valence-electron chi connectivity index (χ0n) is 10.8. The summed E-state index contributed by atoms with van der Waals surface area (Å²) in [4.78, 5) is 10.8. The molecule has 0 aromatic heterocycles. The van der Waals surface area contributed by atoms with Crippen LogP contribution < -0.4 is 10.1 Å². The van der Waals surface area contributed by atoms with Crippen molar-refractivity contribution in [2.45, 2.75) is 12.5 Å². The van der Waals surface area contributed by atoms with Crippen molar-refractivity contribution in [3.63, 3.8) is 0 Å². The molecule has 106 valence electrons. The number of aliphatic hydroxyl groups is 2. The zero-order valence-corrected chi connectivity index (χ0v) is 10.8. The molecule has 6 nitrogen and oxygen atoms in total. The second kappa shape index (κ2) is 7.08. The van der Waals surface area contributed by atoms with E-state index in [2.05, 4.69) is 5.32 Å². The van der Waals surface area contributed by atoms with Crippen molar-refractivity contribution in [3.8, 4) is 5.75 Å². The number of benzene rings is 1. The smallest absolute Gasteiger partial charge is 0.335 e. The van der Waals surface area contributed by atoms with E-state index in [4.69, 9.17) is 14.9 Å². The Morgan fingerprint density at radius 1 is 1.47 bits per heavy atom. The van der Waals surface area contributed by atoms with Gasteiger partial charge in [0.1, 0.15) is 12.4 Å². The molecule has 0 aliphatic rings. The van der Waals surface area contributed by atoms with Gasteiger partial charge in [-0.05, 0) is 25.1 Å². The fraction of sp³-hybridized carbons (Fsp3) is 0.462. The van der Waals surface area contributed by atoms with E-state index < -0.39 is 11.6 Å². The van der Waals surface area contributed by atoms with Crippen molar-refractivity contribution >= 4 is 5.97 Å². The summed E-state index contributed by atoms with van der Waals surface area (Å²) in [6, 6.07) is 6.23. The van der Waals surface area contributed by atoms with Crippen LogP contribution in [0.5, 0.6) is 5.75 Å². The average Bonchev–Trinajstić information content (AvgIpc) is 2.38. The Morgan fingerprint density at radius 3 is 2.84 bits per heavy atom. The third-order valence-electron chi connectivity index (χ3n) is 2.48. The van der Waals surface area contributed by atoms with Gasteiger partial charge in [-0.1, -0.05) is 6.07 Å². The molecule has 0 spiro atoms. The van der Waals surface area contributed by atoms with Crippen LogP contribution in [-0.4, -0.2) is 53.2 Å². The van der Waals surface area contributed by atoms with Crippen LogP contribution in [0.4, 0.5) is 0 Å². The third kappa shape index (κ3) is 5.69. The van der Waals surface area contributed by atoms with Crippen LogP contribution in [0.3, 0.4) is 0 Å². The average molecular weight is 269 g/mol. The number of rotatable bonds is 8. The summed E-state index contributed by atoms with van der Waals surface area (Å²) in [6.07, 6.45) is 0. The number of aromatic carboxylic acids is 1. The number of hydrogen-bond acceptors (Lipinski definition) is 5. The van der Waals surface area contributed by atoms with Crippen LogP contribution in [0.25, 0.3) is 0 Å². The quantitative estimate of drug-likeness (QED) is 0.499. The lowest BCUT2D eigenvalue weighted by atomic mass is 10.1. The maximum atomic E-state index is 10.8. The molecule has 1 unspecified atom stereocenters. The number of carbonyl (C=O) groups is 1. The molecule has 0 fully saturated rings. The van der Waals surface area contributed by atoms with Crippen molar-refractivity contribution < 1.29 is 24.9 Å². The highest BCUT2D eigenvalue weighted by Crippen LogP contribution is 2.12. The Bertz CT molecular complexity index is 419. The number of ether oxygens (including phenoxy) is 1. The van der Waals surface area contributed by atoms with Gasteiger partial charge in [-0.3, -0.25) is 0 Å². The van der Waals surface area contributed by atoms with Crippen LogP contribution in [0, 0.1) is 0 Å². The Morgan fingerprint density at radius 2 is 2.21 bits per heavy atom. The lowest BCUT2D eigenvalue weighted by Gasteiger charge is -2.20. The van der Waals surface area contributed by atoms with E-state index in [1.54, 1.807) is 12.1 Å². The number of nitrogens with one attached hydrogen (secondary N) is 1. The SMILES string of the molecule is CC(O)(CO)CNCCOc1cccc(C(=O)O)c1.